The summed E-state index contributed by atoms with van der Waals surface area (Å²) < 4.78 is 5.32. The Morgan fingerprint density at radius 1 is 1.41 bits per heavy atom. The summed E-state index contributed by atoms with van der Waals surface area (Å²) in [6.07, 6.45) is 0. The Balaban J connectivity index is 2.30. The second-order valence-corrected chi connectivity index (χ2v) is 4.53. The minimum atomic E-state index is -0.397. The standard InChI is InChI=1S/C12H17ClN2O2/c13-9-1-2-12(10(7-9)11(14)8-16)15-3-5-17-6-4-15/h1-2,7,11,16H,3-6,8,14H2. The third kappa shape index (κ3) is 2.90. The van der Waals surface area contributed by atoms with Crippen LogP contribution in [0.5, 0.6) is 0 Å². The van der Waals surface area contributed by atoms with Crippen LogP contribution < -0.4 is 10.6 Å². The lowest BCUT2D eigenvalue weighted by molar-refractivity contribution is 0.122. The molecule has 1 unspecified atom stereocenters. The number of aliphatic hydroxyl groups is 1. The molecule has 0 bridgehead atoms. The Hall–Kier alpha value is -0.810. The van der Waals surface area contributed by atoms with Crippen LogP contribution in [0.25, 0.3) is 0 Å². The SMILES string of the molecule is NC(CO)c1cc(Cl)ccc1N1CCOCC1. The van der Waals surface area contributed by atoms with Gasteiger partial charge in [-0.3, -0.25) is 0 Å². The summed E-state index contributed by atoms with van der Waals surface area (Å²) in [5.41, 5.74) is 7.84. The Morgan fingerprint density at radius 3 is 2.76 bits per heavy atom. The predicted molar refractivity (Wildman–Crippen MR) is 68.5 cm³/mol. The predicted octanol–water partition coefficient (Wildman–Crippen LogP) is 1.17. The number of ether oxygens (including phenoxy) is 1. The molecule has 1 atom stereocenters. The molecular formula is C12H17ClN2O2. The van der Waals surface area contributed by atoms with Crippen LogP contribution in [0, 0.1) is 0 Å². The van der Waals surface area contributed by atoms with E-state index in [1.165, 1.54) is 0 Å². The highest BCUT2D eigenvalue weighted by atomic mass is 35.5. The van der Waals surface area contributed by atoms with E-state index in [1.54, 1.807) is 0 Å². The maximum Gasteiger partial charge on any atom is 0.0642 e. The minimum Gasteiger partial charge on any atom is -0.394 e. The van der Waals surface area contributed by atoms with E-state index in [0.29, 0.717) is 5.02 Å². The molecule has 1 aromatic carbocycles. The number of hydrogen-bond donors (Lipinski definition) is 2. The molecule has 5 heteroatoms. The third-order valence-corrected chi connectivity index (χ3v) is 3.17. The molecule has 94 valence electrons. The van der Waals surface area contributed by atoms with E-state index >= 15 is 0 Å². The normalized spacial score (nSPS) is 18.2. The molecule has 0 aromatic heterocycles. The summed E-state index contributed by atoms with van der Waals surface area (Å²) in [6.45, 7) is 3.03. The lowest BCUT2D eigenvalue weighted by Gasteiger charge is -2.31. The molecule has 0 saturated carbocycles. The van der Waals surface area contributed by atoms with Crippen molar-refractivity contribution in [3.63, 3.8) is 0 Å². The van der Waals surface area contributed by atoms with Crippen LogP contribution in [0.3, 0.4) is 0 Å². The quantitative estimate of drug-likeness (QED) is 0.852. The fraction of sp³-hybridized carbons (Fsp3) is 0.500. The molecule has 1 heterocycles. The van der Waals surface area contributed by atoms with Gasteiger partial charge in [-0.1, -0.05) is 11.6 Å². The first-order valence-corrected chi connectivity index (χ1v) is 6.08. The van der Waals surface area contributed by atoms with E-state index in [-0.39, 0.29) is 6.61 Å². The molecule has 4 nitrogen and oxygen atoms in total. The molecular weight excluding hydrogens is 240 g/mol. The van der Waals surface area contributed by atoms with Crippen LogP contribution in [0.1, 0.15) is 11.6 Å². The van der Waals surface area contributed by atoms with Crippen molar-refractivity contribution in [2.45, 2.75) is 6.04 Å². The molecule has 1 aliphatic heterocycles. The van der Waals surface area contributed by atoms with Gasteiger partial charge in [0.25, 0.3) is 0 Å². The lowest BCUT2D eigenvalue weighted by atomic mass is 10.0. The van der Waals surface area contributed by atoms with Crippen LogP contribution >= 0.6 is 11.6 Å². The number of aliphatic hydroxyl groups excluding tert-OH is 1. The van der Waals surface area contributed by atoms with Gasteiger partial charge < -0.3 is 20.5 Å². The van der Waals surface area contributed by atoms with Crippen LogP contribution in [0.2, 0.25) is 5.02 Å². The van der Waals surface area contributed by atoms with Gasteiger partial charge in [0.05, 0.1) is 25.9 Å². The Bertz CT molecular complexity index is 381. The van der Waals surface area contributed by atoms with Gasteiger partial charge in [-0.2, -0.15) is 0 Å². The summed E-state index contributed by atoms with van der Waals surface area (Å²) >= 11 is 5.98. The first-order chi connectivity index (χ1) is 8.22. The fourth-order valence-corrected chi connectivity index (χ4v) is 2.19. The Morgan fingerprint density at radius 2 is 2.12 bits per heavy atom. The Kier molecular flexibility index (Phi) is 4.23. The molecule has 3 N–H and O–H groups in total. The summed E-state index contributed by atoms with van der Waals surface area (Å²) in [6, 6.07) is 5.23. The smallest absolute Gasteiger partial charge is 0.0642 e. The highest BCUT2D eigenvalue weighted by Crippen LogP contribution is 2.28. The molecule has 1 fully saturated rings. The number of anilines is 1. The monoisotopic (exact) mass is 256 g/mol. The van der Waals surface area contributed by atoms with Crippen molar-refractivity contribution in [1.82, 2.24) is 0 Å². The summed E-state index contributed by atoms with van der Waals surface area (Å²) in [5.74, 6) is 0. The van der Waals surface area contributed by atoms with Gasteiger partial charge in [0.2, 0.25) is 0 Å². The molecule has 1 aliphatic rings. The van der Waals surface area contributed by atoms with Crippen LogP contribution in [0.15, 0.2) is 18.2 Å². The number of nitrogens with two attached hydrogens (primary N) is 1. The topological polar surface area (TPSA) is 58.7 Å². The van der Waals surface area contributed by atoms with E-state index in [0.717, 1.165) is 37.6 Å². The summed E-state index contributed by atoms with van der Waals surface area (Å²) in [5, 5.41) is 9.83. The van der Waals surface area contributed by atoms with Crippen LogP contribution in [-0.2, 0) is 4.74 Å². The van der Waals surface area contributed by atoms with Crippen molar-refractivity contribution in [3.8, 4) is 0 Å². The second kappa shape index (κ2) is 5.69. The van der Waals surface area contributed by atoms with Crippen molar-refractivity contribution in [1.29, 1.82) is 0 Å². The third-order valence-electron chi connectivity index (χ3n) is 2.94. The Labute approximate surface area is 106 Å². The maximum atomic E-state index is 9.19. The average molecular weight is 257 g/mol. The molecule has 1 saturated heterocycles. The first-order valence-electron chi connectivity index (χ1n) is 5.71. The van der Waals surface area contributed by atoms with Gasteiger partial charge in [0.15, 0.2) is 0 Å². The number of rotatable bonds is 3. The number of halogens is 1. The summed E-state index contributed by atoms with van der Waals surface area (Å²) in [4.78, 5) is 2.21. The highest BCUT2D eigenvalue weighted by molar-refractivity contribution is 6.30. The molecule has 17 heavy (non-hydrogen) atoms. The molecule has 0 aliphatic carbocycles. The molecule has 1 aromatic rings. The van der Waals surface area contributed by atoms with E-state index in [4.69, 9.17) is 22.1 Å². The van der Waals surface area contributed by atoms with Crippen molar-refractivity contribution < 1.29 is 9.84 Å². The highest BCUT2D eigenvalue weighted by Gasteiger charge is 2.18. The minimum absolute atomic E-state index is 0.0856. The van der Waals surface area contributed by atoms with Gasteiger partial charge in [0, 0.05) is 23.8 Å². The van der Waals surface area contributed by atoms with Gasteiger partial charge in [-0.05, 0) is 23.8 Å². The van der Waals surface area contributed by atoms with Gasteiger partial charge >= 0.3 is 0 Å². The summed E-state index contributed by atoms with van der Waals surface area (Å²) in [7, 11) is 0. The molecule has 2 rings (SSSR count). The van der Waals surface area contributed by atoms with Crippen molar-refractivity contribution in [3.05, 3.63) is 28.8 Å². The van der Waals surface area contributed by atoms with Crippen molar-refractivity contribution in [2.75, 3.05) is 37.8 Å². The second-order valence-electron chi connectivity index (χ2n) is 4.09. The van der Waals surface area contributed by atoms with E-state index in [9.17, 15) is 5.11 Å². The van der Waals surface area contributed by atoms with Crippen LogP contribution in [0.4, 0.5) is 5.69 Å². The van der Waals surface area contributed by atoms with E-state index in [1.807, 2.05) is 18.2 Å². The largest absolute Gasteiger partial charge is 0.394 e. The van der Waals surface area contributed by atoms with Crippen LogP contribution in [-0.4, -0.2) is 38.0 Å². The number of hydrogen-bond acceptors (Lipinski definition) is 4. The lowest BCUT2D eigenvalue weighted by Crippen LogP contribution is -2.37. The number of nitrogens with zero attached hydrogens (tertiary/aromatic N) is 1. The van der Waals surface area contributed by atoms with E-state index < -0.39 is 6.04 Å². The zero-order valence-corrected chi connectivity index (χ0v) is 10.4. The zero-order chi connectivity index (χ0) is 12.3. The average Bonchev–Trinajstić information content (AvgIpc) is 2.38. The van der Waals surface area contributed by atoms with Gasteiger partial charge in [-0.15, -0.1) is 0 Å². The molecule has 0 spiro atoms. The van der Waals surface area contributed by atoms with Gasteiger partial charge in [-0.25, -0.2) is 0 Å². The maximum absolute atomic E-state index is 9.19. The molecule has 0 amide bonds. The van der Waals surface area contributed by atoms with Crippen molar-refractivity contribution in [2.24, 2.45) is 5.73 Å². The molecule has 0 radical (unpaired) electrons. The zero-order valence-electron chi connectivity index (χ0n) is 9.60. The number of benzene rings is 1. The first kappa shape index (κ1) is 12.6. The van der Waals surface area contributed by atoms with E-state index in [2.05, 4.69) is 4.90 Å². The van der Waals surface area contributed by atoms with Crippen molar-refractivity contribution >= 4 is 17.3 Å². The van der Waals surface area contributed by atoms with Gasteiger partial charge in [0.1, 0.15) is 0 Å². The fourth-order valence-electron chi connectivity index (χ4n) is 2.01. The number of morpholine rings is 1.